The number of anilines is 1. The molecule has 6 N–H and O–H groups in total. The van der Waals surface area contributed by atoms with Crippen LogP contribution in [0.4, 0.5) is 5.82 Å². The lowest BCUT2D eigenvalue weighted by atomic mass is 9.88. The summed E-state index contributed by atoms with van der Waals surface area (Å²) >= 11 is 0. The van der Waals surface area contributed by atoms with E-state index < -0.39 is 0 Å². The third-order valence-electron chi connectivity index (χ3n) is 5.47. The highest BCUT2D eigenvalue weighted by atomic mass is 16.5. The van der Waals surface area contributed by atoms with E-state index in [1.54, 1.807) is 6.20 Å². The summed E-state index contributed by atoms with van der Waals surface area (Å²) in [5, 5.41) is 11.2. The van der Waals surface area contributed by atoms with Gasteiger partial charge in [0, 0.05) is 41.4 Å². The molecule has 2 aromatic rings. The normalized spacial score (nSPS) is 19.7. The Morgan fingerprint density at radius 1 is 1.30 bits per heavy atom. The number of nitrogens with zero attached hydrogens (tertiary/aromatic N) is 1. The maximum Gasteiger partial charge on any atom is 0.131 e. The summed E-state index contributed by atoms with van der Waals surface area (Å²) in [5.41, 5.74) is 19.0. The fraction of sp³-hybridized carbons (Fsp3) is 0.333. The molecular weight excluding hydrogens is 338 g/mol. The molecule has 1 aromatic carbocycles. The lowest BCUT2D eigenvalue weighted by Crippen LogP contribution is -2.19. The van der Waals surface area contributed by atoms with E-state index in [-0.39, 0.29) is 0 Å². The molecule has 0 amide bonds. The van der Waals surface area contributed by atoms with Gasteiger partial charge in [-0.15, -0.1) is 0 Å². The third-order valence-corrected chi connectivity index (χ3v) is 5.47. The second-order valence-electron chi connectivity index (χ2n) is 7.08. The van der Waals surface area contributed by atoms with Crippen molar-refractivity contribution in [3.05, 3.63) is 52.8 Å². The minimum absolute atomic E-state index is 0.377. The first-order valence-corrected chi connectivity index (χ1v) is 9.36. The molecular formula is C21H25N5O. The molecule has 3 heterocycles. The van der Waals surface area contributed by atoms with Crippen LogP contribution in [0.5, 0.6) is 0 Å². The molecule has 1 atom stereocenters. The number of aromatic nitrogens is 1. The Morgan fingerprint density at radius 3 is 2.93 bits per heavy atom. The topological polar surface area (TPSA) is 110 Å². The van der Waals surface area contributed by atoms with E-state index in [0.29, 0.717) is 29.6 Å². The summed E-state index contributed by atoms with van der Waals surface area (Å²) < 4.78 is 5.73. The van der Waals surface area contributed by atoms with Gasteiger partial charge in [-0.25, -0.2) is 4.98 Å². The van der Waals surface area contributed by atoms with Crippen molar-refractivity contribution < 1.29 is 4.74 Å². The minimum Gasteiger partial charge on any atom is -0.404 e. The average molecular weight is 363 g/mol. The minimum atomic E-state index is 0.377. The van der Waals surface area contributed by atoms with E-state index in [2.05, 4.69) is 22.4 Å². The number of nitrogens with two attached hydrogens (primary N) is 2. The maximum atomic E-state index is 7.56. The molecule has 0 aliphatic carbocycles. The van der Waals surface area contributed by atoms with Crippen molar-refractivity contribution in [3.8, 4) is 11.1 Å². The fourth-order valence-corrected chi connectivity index (χ4v) is 4.02. The number of rotatable bonds is 4. The smallest absolute Gasteiger partial charge is 0.131 e. The molecule has 1 fully saturated rings. The molecule has 2 aliphatic heterocycles. The quantitative estimate of drug-likeness (QED) is 0.624. The second-order valence-corrected chi connectivity index (χ2v) is 7.08. The molecule has 1 aromatic heterocycles. The van der Waals surface area contributed by atoms with Gasteiger partial charge in [-0.2, -0.15) is 0 Å². The number of hydrogen-bond donors (Lipinski definition) is 4. The molecule has 140 valence electrons. The first-order chi connectivity index (χ1) is 13.2. The summed E-state index contributed by atoms with van der Waals surface area (Å²) in [6.45, 7) is 2.50. The van der Waals surface area contributed by atoms with E-state index in [1.165, 1.54) is 35.5 Å². The lowest BCUT2D eigenvalue weighted by molar-refractivity contribution is 0.109. The Labute approximate surface area is 159 Å². The van der Waals surface area contributed by atoms with Crippen LogP contribution >= 0.6 is 0 Å². The van der Waals surface area contributed by atoms with Crippen LogP contribution in [0, 0.1) is 5.41 Å². The van der Waals surface area contributed by atoms with Gasteiger partial charge in [-0.05, 0) is 60.2 Å². The Bertz CT molecular complexity index is 900. The summed E-state index contributed by atoms with van der Waals surface area (Å²) in [6.07, 6.45) is 7.66. The van der Waals surface area contributed by atoms with Crippen molar-refractivity contribution in [1.29, 1.82) is 5.41 Å². The Morgan fingerprint density at radius 2 is 2.19 bits per heavy atom. The van der Waals surface area contributed by atoms with Gasteiger partial charge in [0.15, 0.2) is 0 Å². The standard InChI is InChI=1S/C21H25N5O/c22-9-16(10-23)17-8-15(11-26-21(17)24)14-6-13-3-5-27-12-19(13)18(7-14)20-2-1-4-25-20/h6-11,20,22,25H,1-5,12,23H2,(H2,24,26)/t20-/m1/s1. The zero-order valence-corrected chi connectivity index (χ0v) is 15.3. The van der Waals surface area contributed by atoms with Gasteiger partial charge in [0.05, 0.1) is 13.2 Å². The molecule has 0 spiro atoms. The average Bonchev–Trinajstić information content (AvgIpc) is 3.24. The molecule has 0 saturated carbocycles. The van der Waals surface area contributed by atoms with Crippen LogP contribution < -0.4 is 16.8 Å². The third kappa shape index (κ3) is 3.34. The van der Waals surface area contributed by atoms with Crippen molar-refractivity contribution in [2.75, 3.05) is 18.9 Å². The number of nitrogen functional groups attached to an aromatic ring is 1. The van der Waals surface area contributed by atoms with E-state index in [4.69, 9.17) is 21.6 Å². The molecule has 2 aliphatic rings. The molecule has 4 rings (SSSR count). The second kappa shape index (κ2) is 7.50. The molecule has 6 heteroatoms. The lowest BCUT2D eigenvalue weighted by Gasteiger charge is -2.25. The fourth-order valence-electron chi connectivity index (χ4n) is 4.02. The molecule has 6 nitrogen and oxygen atoms in total. The van der Waals surface area contributed by atoms with Crippen molar-refractivity contribution in [2.24, 2.45) is 5.73 Å². The van der Waals surface area contributed by atoms with E-state index in [0.717, 1.165) is 37.1 Å². The largest absolute Gasteiger partial charge is 0.404 e. The van der Waals surface area contributed by atoms with Gasteiger partial charge < -0.3 is 26.9 Å². The Kier molecular flexibility index (Phi) is 4.92. The summed E-state index contributed by atoms with van der Waals surface area (Å²) in [6, 6.07) is 6.84. The van der Waals surface area contributed by atoms with Gasteiger partial charge in [0.2, 0.25) is 0 Å². The van der Waals surface area contributed by atoms with Crippen molar-refractivity contribution in [1.82, 2.24) is 10.3 Å². The van der Waals surface area contributed by atoms with E-state index in [9.17, 15) is 0 Å². The van der Waals surface area contributed by atoms with Gasteiger partial charge >= 0.3 is 0 Å². The van der Waals surface area contributed by atoms with Crippen LogP contribution in [0.3, 0.4) is 0 Å². The van der Waals surface area contributed by atoms with E-state index >= 15 is 0 Å². The number of fused-ring (bicyclic) bond motifs is 1. The van der Waals surface area contributed by atoms with E-state index in [1.807, 2.05) is 6.07 Å². The van der Waals surface area contributed by atoms with Gasteiger partial charge in [-0.3, -0.25) is 0 Å². The van der Waals surface area contributed by atoms with Gasteiger partial charge in [0.1, 0.15) is 5.82 Å². The summed E-state index contributed by atoms with van der Waals surface area (Å²) in [7, 11) is 0. The molecule has 1 saturated heterocycles. The molecule has 0 unspecified atom stereocenters. The predicted octanol–water partition coefficient (Wildman–Crippen LogP) is 2.78. The molecule has 0 bridgehead atoms. The van der Waals surface area contributed by atoms with Gasteiger partial charge in [-0.1, -0.05) is 6.07 Å². The number of hydrogen-bond acceptors (Lipinski definition) is 6. The molecule has 27 heavy (non-hydrogen) atoms. The van der Waals surface area contributed by atoms with Crippen LogP contribution in [0.15, 0.2) is 30.6 Å². The number of ether oxygens (including phenoxy) is 1. The highest BCUT2D eigenvalue weighted by molar-refractivity contribution is 6.10. The Hall–Kier alpha value is -2.70. The number of allylic oxidation sites excluding steroid dienone is 1. The zero-order valence-electron chi connectivity index (χ0n) is 15.3. The van der Waals surface area contributed by atoms with Crippen LogP contribution in [0.1, 0.15) is 41.1 Å². The number of benzene rings is 1. The van der Waals surface area contributed by atoms with Gasteiger partial charge in [0.25, 0.3) is 0 Å². The SMILES string of the molecule is N=CC(=CN)c1cc(-c2cc3c(c([C@H]4CCCN4)c2)COCC3)cnc1N. The zero-order chi connectivity index (χ0) is 18.8. The van der Waals surface area contributed by atoms with Crippen LogP contribution in [-0.4, -0.2) is 24.4 Å². The highest BCUT2D eigenvalue weighted by Crippen LogP contribution is 2.35. The van der Waals surface area contributed by atoms with Crippen molar-refractivity contribution in [3.63, 3.8) is 0 Å². The Balaban J connectivity index is 1.83. The maximum absolute atomic E-state index is 7.56. The van der Waals surface area contributed by atoms with Crippen LogP contribution in [0.2, 0.25) is 0 Å². The number of nitrogens with one attached hydrogen (secondary N) is 2. The monoisotopic (exact) mass is 363 g/mol. The summed E-state index contributed by atoms with van der Waals surface area (Å²) in [4.78, 5) is 4.35. The van der Waals surface area contributed by atoms with Crippen LogP contribution in [0.25, 0.3) is 16.7 Å². The number of pyridine rings is 1. The van der Waals surface area contributed by atoms with Crippen molar-refractivity contribution in [2.45, 2.75) is 31.9 Å². The summed E-state index contributed by atoms with van der Waals surface area (Å²) in [5.74, 6) is 0.378. The van der Waals surface area contributed by atoms with Crippen molar-refractivity contribution >= 4 is 17.6 Å². The van der Waals surface area contributed by atoms with Crippen LogP contribution in [-0.2, 0) is 17.8 Å². The predicted molar refractivity (Wildman–Crippen MR) is 108 cm³/mol. The first kappa shape index (κ1) is 17.7. The first-order valence-electron chi connectivity index (χ1n) is 9.36. The molecule has 0 radical (unpaired) electrons. The highest BCUT2D eigenvalue weighted by Gasteiger charge is 2.24.